The van der Waals surface area contributed by atoms with E-state index in [2.05, 4.69) is 14.9 Å². The number of aliphatic hydroxyl groups excluding tert-OH is 1. The minimum absolute atomic E-state index is 0.220. The van der Waals surface area contributed by atoms with Gasteiger partial charge in [-0.05, 0) is 30.9 Å². The summed E-state index contributed by atoms with van der Waals surface area (Å²) in [4.78, 5) is 11.2. The molecule has 19 heavy (non-hydrogen) atoms. The van der Waals surface area contributed by atoms with Gasteiger partial charge in [-0.3, -0.25) is 0 Å². The highest BCUT2D eigenvalue weighted by molar-refractivity contribution is 5.79. The fourth-order valence-electron chi connectivity index (χ4n) is 2.64. The van der Waals surface area contributed by atoms with Gasteiger partial charge in [-0.25, -0.2) is 9.97 Å². The third-order valence-electron chi connectivity index (χ3n) is 3.65. The Hall–Kier alpha value is -1.88. The number of para-hydroxylation sites is 2. The maximum Gasteiger partial charge on any atom is 0.172 e. The molecular formula is C14H18N4O. The van der Waals surface area contributed by atoms with Crippen molar-refractivity contribution in [2.45, 2.75) is 12.8 Å². The molecule has 1 fully saturated rings. The predicted molar refractivity (Wildman–Crippen MR) is 76.0 cm³/mol. The maximum atomic E-state index is 9.30. The number of aromatic nitrogens is 2. The highest BCUT2D eigenvalue weighted by Gasteiger charge is 2.22. The molecule has 2 heterocycles. The summed E-state index contributed by atoms with van der Waals surface area (Å²) < 4.78 is 0. The Bertz CT molecular complexity index is 587. The first-order valence-corrected chi connectivity index (χ1v) is 6.66. The van der Waals surface area contributed by atoms with E-state index in [1.807, 2.05) is 24.3 Å². The lowest BCUT2D eigenvalue weighted by Gasteiger charge is -2.33. The molecule has 0 bridgehead atoms. The van der Waals surface area contributed by atoms with E-state index in [0.717, 1.165) is 42.8 Å². The van der Waals surface area contributed by atoms with Crippen molar-refractivity contribution in [3.8, 4) is 0 Å². The Morgan fingerprint density at radius 2 is 2.00 bits per heavy atom. The molecule has 0 saturated carbocycles. The summed E-state index contributed by atoms with van der Waals surface area (Å²) in [5, 5.41) is 9.30. The standard InChI is InChI=1S/C14H18N4O/c15-13-14(18-7-3-4-10(8-18)9-19)17-12-6-2-1-5-11(12)16-13/h1-2,5-6,10,19H,3-4,7-9H2,(H2,15,16)/t10-/m1/s1. The molecule has 2 aromatic rings. The van der Waals surface area contributed by atoms with Crippen LogP contribution in [0.4, 0.5) is 11.6 Å². The molecule has 0 aliphatic carbocycles. The van der Waals surface area contributed by atoms with E-state index in [0.29, 0.717) is 11.7 Å². The zero-order chi connectivity index (χ0) is 13.2. The van der Waals surface area contributed by atoms with Gasteiger partial charge in [0.05, 0.1) is 11.0 Å². The molecular weight excluding hydrogens is 240 g/mol. The number of fused-ring (bicyclic) bond motifs is 1. The first-order valence-electron chi connectivity index (χ1n) is 6.66. The largest absolute Gasteiger partial charge is 0.396 e. The number of aliphatic hydroxyl groups is 1. The number of nitrogen functional groups attached to an aromatic ring is 1. The van der Waals surface area contributed by atoms with Gasteiger partial charge in [0.1, 0.15) is 0 Å². The average Bonchev–Trinajstić information content (AvgIpc) is 2.46. The molecule has 0 spiro atoms. The topological polar surface area (TPSA) is 75.3 Å². The molecule has 1 aromatic heterocycles. The highest BCUT2D eigenvalue weighted by atomic mass is 16.3. The summed E-state index contributed by atoms with van der Waals surface area (Å²) in [7, 11) is 0. The Balaban J connectivity index is 1.97. The van der Waals surface area contributed by atoms with Crippen molar-refractivity contribution in [2.75, 3.05) is 30.3 Å². The van der Waals surface area contributed by atoms with E-state index in [-0.39, 0.29) is 6.61 Å². The molecule has 1 aromatic carbocycles. The van der Waals surface area contributed by atoms with Gasteiger partial charge >= 0.3 is 0 Å². The Morgan fingerprint density at radius 1 is 1.26 bits per heavy atom. The molecule has 0 amide bonds. The van der Waals surface area contributed by atoms with E-state index in [4.69, 9.17) is 5.73 Å². The second kappa shape index (κ2) is 5.01. The van der Waals surface area contributed by atoms with Crippen LogP contribution in [0.1, 0.15) is 12.8 Å². The van der Waals surface area contributed by atoms with Crippen molar-refractivity contribution in [3.63, 3.8) is 0 Å². The molecule has 0 unspecified atom stereocenters. The Morgan fingerprint density at radius 3 is 2.74 bits per heavy atom. The van der Waals surface area contributed by atoms with Gasteiger partial charge in [0.15, 0.2) is 11.6 Å². The van der Waals surface area contributed by atoms with Crippen molar-refractivity contribution in [1.82, 2.24) is 9.97 Å². The SMILES string of the molecule is Nc1nc2ccccc2nc1N1CCC[C@@H](CO)C1. The lowest BCUT2D eigenvalue weighted by molar-refractivity contribution is 0.208. The smallest absolute Gasteiger partial charge is 0.172 e. The quantitative estimate of drug-likeness (QED) is 0.852. The molecule has 3 N–H and O–H groups in total. The first kappa shape index (κ1) is 12.2. The monoisotopic (exact) mass is 258 g/mol. The van der Waals surface area contributed by atoms with Crippen LogP contribution >= 0.6 is 0 Å². The maximum absolute atomic E-state index is 9.30. The Labute approximate surface area is 112 Å². The molecule has 1 atom stereocenters. The summed E-state index contributed by atoms with van der Waals surface area (Å²) in [6.45, 7) is 1.94. The number of rotatable bonds is 2. The minimum Gasteiger partial charge on any atom is -0.396 e. The third-order valence-corrected chi connectivity index (χ3v) is 3.65. The molecule has 1 aliphatic rings. The third kappa shape index (κ3) is 2.33. The summed E-state index contributed by atoms with van der Waals surface area (Å²) in [6.07, 6.45) is 2.12. The average molecular weight is 258 g/mol. The van der Waals surface area contributed by atoms with Crippen LogP contribution in [0, 0.1) is 5.92 Å². The van der Waals surface area contributed by atoms with E-state index in [9.17, 15) is 5.11 Å². The van der Waals surface area contributed by atoms with Crippen LogP contribution in [0.15, 0.2) is 24.3 Å². The van der Waals surface area contributed by atoms with Crippen molar-refractivity contribution in [3.05, 3.63) is 24.3 Å². The van der Waals surface area contributed by atoms with E-state index >= 15 is 0 Å². The summed E-state index contributed by atoms with van der Waals surface area (Å²) in [6, 6.07) is 7.73. The zero-order valence-corrected chi connectivity index (χ0v) is 10.8. The van der Waals surface area contributed by atoms with Crippen molar-refractivity contribution < 1.29 is 5.11 Å². The number of piperidine rings is 1. The summed E-state index contributed by atoms with van der Waals surface area (Å²) in [5.41, 5.74) is 7.70. The number of hydrogen-bond donors (Lipinski definition) is 2. The first-order chi connectivity index (χ1) is 9.28. The van der Waals surface area contributed by atoms with Gasteiger partial charge in [0, 0.05) is 19.7 Å². The van der Waals surface area contributed by atoms with Crippen LogP contribution in [-0.2, 0) is 0 Å². The fraction of sp³-hybridized carbons (Fsp3) is 0.429. The van der Waals surface area contributed by atoms with E-state index in [1.165, 1.54) is 0 Å². The number of nitrogens with zero attached hydrogens (tertiary/aromatic N) is 3. The van der Waals surface area contributed by atoms with Gasteiger partial charge in [0.25, 0.3) is 0 Å². The van der Waals surface area contributed by atoms with Gasteiger partial charge < -0.3 is 15.7 Å². The van der Waals surface area contributed by atoms with Gasteiger partial charge in [0.2, 0.25) is 0 Å². The van der Waals surface area contributed by atoms with Gasteiger partial charge in [-0.1, -0.05) is 12.1 Å². The van der Waals surface area contributed by atoms with Crippen LogP contribution in [0.3, 0.4) is 0 Å². The number of nitrogens with two attached hydrogens (primary N) is 1. The summed E-state index contributed by atoms with van der Waals surface area (Å²) >= 11 is 0. The minimum atomic E-state index is 0.220. The predicted octanol–water partition coefficient (Wildman–Crippen LogP) is 1.42. The number of anilines is 2. The van der Waals surface area contributed by atoms with Crippen molar-refractivity contribution in [1.29, 1.82) is 0 Å². The zero-order valence-electron chi connectivity index (χ0n) is 10.8. The molecule has 5 heteroatoms. The molecule has 1 saturated heterocycles. The van der Waals surface area contributed by atoms with Crippen LogP contribution in [0.5, 0.6) is 0 Å². The van der Waals surface area contributed by atoms with Crippen molar-refractivity contribution in [2.24, 2.45) is 5.92 Å². The highest BCUT2D eigenvalue weighted by Crippen LogP contribution is 2.26. The van der Waals surface area contributed by atoms with Gasteiger partial charge in [-0.15, -0.1) is 0 Å². The van der Waals surface area contributed by atoms with E-state index < -0.39 is 0 Å². The number of benzene rings is 1. The van der Waals surface area contributed by atoms with Gasteiger partial charge in [-0.2, -0.15) is 0 Å². The second-order valence-corrected chi connectivity index (χ2v) is 5.06. The molecule has 0 radical (unpaired) electrons. The fourth-order valence-corrected chi connectivity index (χ4v) is 2.64. The second-order valence-electron chi connectivity index (χ2n) is 5.06. The van der Waals surface area contributed by atoms with Crippen LogP contribution < -0.4 is 10.6 Å². The van der Waals surface area contributed by atoms with Crippen LogP contribution in [0.25, 0.3) is 11.0 Å². The lowest BCUT2D eigenvalue weighted by Crippen LogP contribution is -2.37. The molecule has 1 aliphatic heterocycles. The Kier molecular flexibility index (Phi) is 3.21. The molecule has 5 nitrogen and oxygen atoms in total. The van der Waals surface area contributed by atoms with Crippen LogP contribution in [-0.4, -0.2) is 34.8 Å². The van der Waals surface area contributed by atoms with Crippen molar-refractivity contribution >= 4 is 22.7 Å². The summed E-state index contributed by atoms with van der Waals surface area (Å²) in [5.74, 6) is 1.52. The van der Waals surface area contributed by atoms with Crippen LogP contribution in [0.2, 0.25) is 0 Å². The normalized spacial score (nSPS) is 19.8. The number of hydrogen-bond acceptors (Lipinski definition) is 5. The molecule has 3 rings (SSSR count). The lowest BCUT2D eigenvalue weighted by atomic mass is 9.99. The molecule has 100 valence electrons. The van der Waals surface area contributed by atoms with E-state index in [1.54, 1.807) is 0 Å².